The molecule has 1 aromatic heterocycles. The van der Waals surface area contributed by atoms with Crippen LogP contribution in [0.15, 0.2) is 41.8 Å². The molecule has 0 amide bonds. The van der Waals surface area contributed by atoms with Crippen LogP contribution in [0.1, 0.15) is 5.56 Å². The van der Waals surface area contributed by atoms with Crippen LogP contribution in [0.2, 0.25) is 0 Å². The summed E-state index contributed by atoms with van der Waals surface area (Å²) < 4.78 is 0. The maximum absolute atomic E-state index is 10.5. The Kier molecular flexibility index (Phi) is 2.83. The highest BCUT2D eigenvalue weighted by Crippen LogP contribution is 2.26. The number of thiophene rings is 1. The minimum atomic E-state index is -0.785. The smallest absolute Gasteiger partial charge is 0.307 e. The van der Waals surface area contributed by atoms with Gasteiger partial charge in [-0.2, -0.15) is 0 Å². The van der Waals surface area contributed by atoms with Crippen LogP contribution < -0.4 is 0 Å². The normalized spacial score (nSPS) is 10.1. The lowest BCUT2D eigenvalue weighted by Crippen LogP contribution is -1.97. The maximum Gasteiger partial charge on any atom is 0.307 e. The number of aliphatic carboxylic acids is 1. The summed E-state index contributed by atoms with van der Waals surface area (Å²) in [6.45, 7) is 0. The van der Waals surface area contributed by atoms with Gasteiger partial charge in [0, 0.05) is 4.88 Å². The van der Waals surface area contributed by atoms with Crippen LogP contribution in [0.25, 0.3) is 10.4 Å². The van der Waals surface area contributed by atoms with Gasteiger partial charge >= 0.3 is 5.97 Å². The molecular weight excluding hydrogens is 208 g/mol. The molecular formula is C12H10O2S. The fraction of sp³-hybridized carbons (Fsp3) is 0.0833. The van der Waals surface area contributed by atoms with Gasteiger partial charge in [-0.05, 0) is 22.6 Å². The molecule has 2 rings (SSSR count). The molecule has 0 unspecified atom stereocenters. The molecule has 2 aromatic rings. The van der Waals surface area contributed by atoms with Gasteiger partial charge in [0.05, 0.1) is 6.42 Å². The van der Waals surface area contributed by atoms with Crippen LogP contribution in [0.3, 0.4) is 0 Å². The highest BCUT2D eigenvalue weighted by atomic mass is 32.1. The number of carbonyl (C=O) groups is 1. The van der Waals surface area contributed by atoms with E-state index in [1.165, 1.54) is 0 Å². The molecule has 0 fully saturated rings. The molecule has 0 spiro atoms. The summed E-state index contributed by atoms with van der Waals surface area (Å²) in [4.78, 5) is 11.6. The van der Waals surface area contributed by atoms with Crippen LogP contribution in [0, 0.1) is 0 Å². The van der Waals surface area contributed by atoms with Crippen molar-refractivity contribution in [1.29, 1.82) is 0 Å². The first kappa shape index (κ1) is 9.93. The van der Waals surface area contributed by atoms with Gasteiger partial charge in [-0.25, -0.2) is 0 Å². The van der Waals surface area contributed by atoms with E-state index in [1.54, 1.807) is 11.3 Å². The van der Waals surface area contributed by atoms with E-state index in [-0.39, 0.29) is 6.42 Å². The predicted octanol–water partition coefficient (Wildman–Crippen LogP) is 3.04. The largest absolute Gasteiger partial charge is 0.481 e. The molecule has 0 radical (unpaired) electrons. The third-order valence-electron chi connectivity index (χ3n) is 2.07. The van der Waals surface area contributed by atoms with Gasteiger partial charge in [-0.1, -0.05) is 30.3 Å². The maximum atomic E-state index is 10.5. The van der Waals surface area contributed by atoms with Crippen molar-refractivity contribution in [3.63, 3.8) is 0 Å². The van der Waals surface area contributed by atoms with Crippen LogP contribution in [-0.4, -0.2) is 11.1 Å². The Morgan fingerprint density at radius 1 is 1.27 bits per heavy atom. The van der Waals surface area contributed by atoms with E-state index in [9.17, 15) is 4.79 Å². The first-order valence-corrected chi connectivity index (χ1v) is 5.48. The van der Waals surface area contributed by atoms with Gasteiger partial charge in [0.25, 0.3) is 0 Å². The number of carboxylic acids is 1. The Hall–Kier alpha value is -1.61. The van der Waals surface area contributed by atoms with Crippen molar-refractivity contribution in [2.75, 3.05) is 0 Å². The average molecular weight is 218 g/mol. The van der Waals surface area contributed by atoms with Gasteiger partial charge in [-0.3, -0.25) is 4.79 Å². The van der Waals surface area contributed by atoms with Crippen LogP contribution >= 0.6 is 11.3 Å². The fourth-order valence-corrected chi connectivity index (χ4v) is 2.32. The molecule has 1 N–H and O–H groups in total. The molecule has 0 aliphatic carbocycles. The molecule has 15 heavy (non-hydrogen) atoms. The SMILES string of the molecule is O=C(O)Cc1csc(-c2ccccc2)c1. The Balaban J connectivity index is 2.24. The van der Waals surface area contributed by atoms with Crippen molar-refractivity contribution in [2.24, 2.45) is 0 Å². The molecule has 0 aliphatic heterocycles. The number of benzene rings is 1. The van der Waals surface area contributed by atoms with Crippen molar-refractivity contribution < 1.29 is 9.90 Å². The summed E-state index contributed by atoms with van der Waals surface area (Å²) in [5.41, 5.74) is 2.01. The number of carboxylic acid groups (broad SMARTS) is 1. The lowest BCUT2D eigenvalue weighted by Gasteiger charge is -1.94. The van der Waals surface area contributed by atoms with Crippen molar-refractivity contribution >= 4 is 17.3 Å². The molecule has 2 nitrogen and oxygen atoms in total. The Morgan fingerprint density at radius 2 is 2.00 bits per heavy atom. The summed E-state index contributed by atoms with van der Waals surface area (Å²) in [5.74, 6) is -0.785. The quantitative estimate of drug-likeness (QED) is 0.859. The number of hydrogen-bond acceptors (Lipinski definition) is 2. The number of rotatable bonds is 3. The third-order valence-corrected chi connectivity index (χ3v) is 3.10. The lowest BCUT2D eigenvalue weighted by atomic mass is 10.1. The van der Waals surface area contributed by atoms with Crippen molar-refractivity contribution in [3.8, 4) is 10.4 Å². The van der Waals surface area contributed by atoms with Gasteiger partial charge in [-0.15, -0.1) is 11.3 Å². The predicted molar refractivity (Wildman–Crippen MR) is 61.1 cm³/mol. The topological polar surface area (TPSA) is 37.3 Å². The molecule has 0 saturated heterocycles. The minimum Gasteiger partial charge on any atom is -0.481 e. The molecule has 0 saturated carbocycles. The molecule has 1 aromatic carbocycles. The second-order valence-corrected chi connectivity index (χ2v) is 4.17. The van der Waals surface area contributed by atoms with Crippen LogP contribution in [0.4, 0.5) is 0 Å². The zero-order chi connectivity index (χ0) is 10.7. The second kappa shape index (κ2) is 4.28. The van der Waals surface area contributed by atoms with Gasteiger partial charge in [0.1, 0.15) is 0 Å². The molecule has 0 aliphatic rings. The summed E-state index contributed by atoms with van der Waals surface area (Å²) in [7, 11) is 0. The van der Waals surface area contributed by atoms with Gasteiger partial charge < -0.3 is 5.11 Å². The lowest BCUT2D eigenvalue weighted by molar-refractivity contribution is -0.136. The van der Waals surface area contributed by atoms with E-state index in [2.05, 4.69) is 0 Å². The minimum absolute atomic E-state index is 0.101. The Bertz CT molecular complexity index is 459. The fourth-order valence-electron chi connectivity index (χ4n) is 1.40. The average Bonchev–Trinajstić information content (AvgIpc) is 2.67. The van der Waals surface area contributed by atoms with Crippen molar-refractivity contribution in [2.45, 2.75) is 6.42 Å². The van der Waals surface area contributed by atoms with Crippen LogP contribution in [-0.2, 0) is 11.2 Å². The van der Waals surface area contributed by atoms with E-state index in [1.807, 2.05) is 41.8 Å². The zero-order valence-electron chi connectivity index (χ0n) is 8.01. The Morgan fingerprint density at radius 3 is 2.67 bits per heavy atom. The van der Waals surface area contributed by atoms with Crippen molar-refractivity contribution in [3.05, 3.63) is 47.3 Å². The zero-order valence-corrected chi connectivity index (χ0v) is 8.83. The molecule has 76 valence electrons. The van der Waals surface area contributed by atoms with E-state index < -0.39 is 5.97 Å². The van der Waals surface area contributed by atoms with E-state index in [4.69, 9.17) is 5.11 Å². The third kappa shape index (κ3) is 2.44. The summed E-state index contributed by atoms with van der Waals surface area (Å²) in [6.07, 6.45) is 0.101. The first-order chi connectivity index (χ1) is 7.25. The van der Waals surface area contributed by atoms with E-state index in [0.717, 1.165) is 16.0 Å². The monoisotopic (exact) mass is 218 g/mol. The summed E-state index contributed by atoms with van der Waals surface area (Å²) >= 11 is 1.58. The molecule has 0 atom stereocenters. The van der Waals surface area contributed by atoms with E-state index in [0.29, 0.717) is 0 Å². The molecule has 3 heteroatoms. The van der Waals surface area contributed by atoms with Crippen molar-refractivity contribution in [1.82, 2.24) is 0 Å². The van der Waals surface area contributed by atoms with E-state index >= 15 is 0 Å². The summed E-state index contributed by atoms with van der Waals surface area (Å²) in [5, 5.41) is 10.6. The van der Waals surface area contributed by atoms with Crippen LogP contribution in [0.5, 0.6) is 0 Å². The second-order valence-electron chi connectivity index (χ2n) is 3.26. The number of hydrogen-bond donors (Lipinski definition) is 1. The molecule has 1 heterocycles. The molecule has 0 bridgehead atoms. The van der Waals surface area contributed by atoms with Gasteiger partial charge in [0.2, 0.25) is 0 Å². The highest BCUT2D eigenvalue weighted by molar-refractivity contribution is 7.13. The standard InChI is InChI=1S/C12H10O2S/c13-12(14)7-9-6-11(15-8-9)10-4-2-1-3-5-10/h1-6,8H,7H2,(H,13,14). The van der Waals surface area contributed by atoms with Gasteiger partial charge in [0.15, 0.2) is 0 Å². The first-order valence-electron chi connectivity index (χ1n) is 4.60. The highest BCUT2D eigenvalue weighted by Gasteiger charge is 2.05. The Labute approximate surface area is 91.8 Å². The summed E-state index contributed by atoms with van der Waals surface area (Å²) in [6, 6.07) is 11.9.